The average Bonchev–Trinajstić information content (AvgIpc) is 3.32. The van der Waals surface area contributed by atoms with Gasteiger partial charge in [0.25, 0.3) is 5.91 Å². The summed E-state index contributed by atoms with van der Waals surface area (Å²) in [7, 11) is 0. The smallest absolute Gasteiger partial charge is 0.478 e. The van der Waals surface area contributed by atoms with Crippen LogP contribution >= 0.6 is 0 Å². The number of aromatic nitrogens is 2. The number of hydrogen-bond acceptors (Lipinski definition) is 5. The van der Waals surface area contributed by atoms with Crippen molar-refractivity contribution in [3.05, 3.63) is 76.5 Å². The number of benzene rings is 2. The van der Waals surface area contributed by atoms with E-state index in [1.54, 1.807) is 42.8 Å². The Kier molecular flexibility index (Phi) is 6.42. The number of carboxylic acid groups (broad SMARTS) is 1. The first-order chi connectivity index (χ1) is 16.5. The number of anilines is 1. The summed E-state index contributed by atoms with van der Waals surface area (Å²) in [4.78, 5) is 26.2. The van der Waals surface area contributed by atoms with Crippen molar-refractivity contribution in [3.8, 4) is 5.75 Å². The summed E-state index contributed by atoms with van der Waals surface area (Å²) in [5, 5.41) is 16.5. The van der Waals surface area contributed by atoms with Crippen molar-refractivity contribution >= 4 is 17.7 Å². The van der Waals surface area contributed by atoms with E-state index in [0.29, 0.717) is 36.7 Å². The molecule has 2 heterocycles. The Morgan fingerprint density at radius 3 is 2.37 bits per heavy atom. The van der Waals surface area contributed by atoms with Gasteiger partial charge in [0.1, 0.15) is 17.1 Å². The number of ether oxygens (including phenoxy) is 1. The monoisotopic (exact) mass is 488 g/mol. The van der Waals surface area contributed by atoms with E-state index >= 15 is 0 Å². The molecule has 1 aliphatic heterocycles. The van der Waals surface area contributed by atoms with Crippen molar-refractivity contribution in [3.63, 3.8) is 0 Å². The SMILES string of the molecule is Cc1nn2c(c1C(=O)N[C@@H](C)c1ccc(C(=O)O)cc1)N(Cc1ccc(OC(F)(F)F)cc1)CC2. The van der Waals surface area contributed by atoms with Crippen molar-refractivity contribution < 1.29 is 32.6 Å². The predicted molar refractivity (Wildman–Crippen MR) is 120 cm³/mol. The fourth-order valence-corrected chi connectivity index (χ4v) is 4.07. The molecule has 1 atom stereocenters. The van der Waals surface area contributed by atoms with Crippen LogP contribution in [0.15, 0.2) is 48.5 Å². The van der Waals surface area contributed by atoms with E-state index in [4.69, 9.17) is 5.11 Å². The molecule has 0 unspecified atom stereocenters. The molecule has 3 aromatic rings. The summed E-state index contributed by atoms with van der Waals surface area (Å²) < 4.78 is 42.9. The highest BCUT2D eigenvalue weighted by Gasteiger charge is 2.32. The molecule has 1 aliphatic rings. The van der Waals surface area contributed by atoms with Gasteiger partial charge in [-0.15, -0.1) is 13.2 Å². The highest BCUT2D eigenvalue weighted by atomic mass is 19.4. The molecule has 0 aliphatic carbocycles. The van der Waals surface area contributed by atoms with Crippen molar-refractivity contribution in [2.75, 3.05) is 11.4 Å². The van der Waals surface area contributed by atoms with E-state index in [9.17, 15) is 22.8 Å². The summed E-state index contributed by atoms with van der Waals surface area (Å²) >= 11 is 0. The summed E-state index contributed by atoms with van der Waals surface area (Å²) in [6, 6.07) is 11.5. The van der Waals surface area contributed by atoms with Crippen LogP contribution < -0.4 is 15.0 Å². The minimum atomic E-state index is -4.75. The first kappa shape index (κ1) is 24.1. The number of alkyl halides is 3. The van der Waals surface area contributed by atoms with Gasteiger partial charge in [0.05, 0.1) is 23.8 Å². The molecule has 0 bridgehead atoms. The maximum absolute atomic E-state index is 13.2. The highest BCUT2D eigenvalue weighted by molar-refractivity contribution is 6.00. The van der Waals surface area contributed by atoms with Crippen LogP contribution in [0.1, 0.15) is 50.5 Å². The molecule has 11 heteroatoms. The predicted octanol–water partition coefficient (Wildman–Crippen LogP) is 4.30. The third-order valence-corrected chi connectivity index (χ3v) is 5.74. The normalized spacial score (nSPS) is 13.9. The number of fused-ring (bicyclic) bond motifs is 1. The van der Waals surface area contributed by atoms with Gasteiger partial charge in [-0.3, -0.25) is 4.79 Å². The zero-order valence-corrected chi connectivity index (χ0v) is 19.0. The van der Waals surface area contributed by atoms with Crippen LogP contribution in [0.2, 0.25) is 0 Å². The maximum atomic E-state index is 13.2. The van der Waals surface area contributed by atoms with Crippen LogP contribution in [-0.4, -0.2) is 39.7 Å². The average molecular weight is 488 g/mol. The highest BCUT2D eigenvalue weighted by Crippen LogP contribution is 2.31. The number of nitrogens with zero attached hydrogens (tertiary/aromatic N) is 3. The standard InChI is InChI=1S/C24H23F3N4O4/c1-14(17-5-7-18(8-6-17)23(33)34)28-21(32)20-15(2)29-31-12-11-30(22(20)31)13-16-3-9-19(10-4-16)35-24(25,26)27/h3-10,14H,11-13H2,1-2H3,(H,28,32)(H,33,34)/t14-/m0/s1. The zero-order valence-electron chi connectivity index (χ0n) is 19.0. The lowest BCUT2D eigenvalue weighted by Gasteiger charge is -2.20. The van der Waals surface area contributed by atoms with Gasteiger partial charge < -0.3 is 20.1 Å². The number of rotatable bonds is 7. The van der Waals surface area contributed by atoms with Gasteiger partial charge in [0.2, 0.25) is 0 Å². The Balaban J connectivity index is 1.49. The number of halogens is 3. The van der Waals surface area contributed by atoms with E-state index in [1.165, 1.54) is 24.3 Å². The fourth-order valence-electron chi connectivity index (χ4n) is 4.07. The Morgan fingerprint density at radius 2 is 1.77 bits per heavy atom. The summed E-state index contributed by atoms with van der Waals surface area (Å²) in [5.74, 6) is -1.00. The van der Waals surface area contributed by atoms with Crippen molar-refractivity contribution in [2.45, 2.75) is 39.3 Å². The quantitative estimate of drug-likeness (QED) is 0.515. The second kappa shape index (κ2) is 9.32. The Labute approximate surface area is 198 Å². The molecule has 0 fully saturated rings. The van der Waals surface area contributed by atoms with E-state index < -0.39 is 12.3 Å². The summed E-state index contributed by atoms with van der Waals surface area (Å²) in [5.41, 5.74) is 2.65. The molecule has 0 saturated heterocycles. The molecule has 0 saturated carbocycles. The van der Waals surface area contributed by atoms with Gasteiger partial charge in [-0.25, -0.2) is 9.48 Å². The molecule has 2 aromatic carbocycles. The Bertz CT molecular complexity index is 1240. The molecule has 35 heavy (non-hydrogen) atoms. The van der Waals surface area contributed by atoms with Gasteiger partial charge in [-0.2, -0.15) is 5.10 Å². The van der Waals surface area contributed by atoms with E-state index in [1.807, 2.05) is 4.90 Å². The minimum Gasteiger partial charge on any atom is -0.478 e. The van der Waals surface area contributed by atoms with E-state index in [0.717, 1.165) is 11.1 Å². The van der Waals surface area contributed by atoms with Gasteiger partial charge in [-0.05, 0) is 49.2 Å². The molecule has 0 radical (unpaired) electrons. The van der Waals surface area contributed by atoms with Gasteiger partial charge in [0, 0.05) is 13.1 Å². The molecule has 184 valence electrons. The second-order valence-corrected chi connectivity index (χ2v) is 8.24. The second-order valence-electron chi connectivity index (χ2n) is 8.24. The first-order valence-electron chi connectivity index (χ1n) is 10.8. The number of carbonyl (C=O) groups is 2. The lowest BCUT2D eigenvalue weighted by atomic mass is 10.1. The number of aromatic carboxylic acids is 1. The molecular weight excluding hydrogens is 465 g/mol. The molecule has 2 N–H and O–H groups in total. The van der Waals surface area contributed by atoms with Crippen LogP contribution in [-0.2, 0) is 13.1 Å². The number of carboxylic acids is 1. The van der Waals surface area contributed by atoms with Crippen LogP contribution in [0.25, 0.3) is 0 Å². The van der Waals surface area contributed by atoms with E-state index in [2.05, 4.69) is 15.2 Å². The van der Waals surface area contributed by atoms with Crippen LogP contribution in [0.5, 0.6) is 5.75 Å². The van der Waals surface area contributed by atoms with Crippen molar-refractivity contribution in [2.24, 2.45) is 0 Å². The summed E-state index contributed by atoms with van der Waals surface area (Å²) in [6.07, 6.45) is -4.75. The molecule has 1 amide bonds. The third kappa shape index (κ3) is 5.39. The molecule has 1 aromatic heterocycles. The first-order valence-corrected chi connectivity index (χ1v) is 10.8. The number of amides is 1. The number of nitrogens with one attached hydrogen (secondary N) is 1. The zero-order chi connectivity index (χ0) is 25.3. The molecule has 0 spiro atoms. The topological polar surface area (TPSA) is 96.7 Å². The van der Waals surface area contributed by atoms with Crippen LogP contribution in [0, 0.1) is 6.92 Å². The minimum absolute atomic E-state index is 0.159. The van der Waals surface area contributed by atoms with Gasteiger partial charge in [-0.1, -0.05) is 24.3 Å². The molecule has 4 rings (SSSR count). The third-order valence-electron chi connectivity index (χ3n) is 5.74. The Morgan fingerprint density at radius 1 is 1.11 bits per heavy atom. The number of hydrogen-bond donors (Lipinski definition) is 2. The number of carbonyl (C=O) groups excluding carboxylic acids is 1. The summed E-state index contributed by atoms with van der Waals surface area (Å²) in [6.45, 7) is 5.09. The van der Waals surface area contributed by atoms with Gasteiger partial charge >= 0.3 is 12.3 Å². The largest absolute Gasteiger partial charge is 0.573 e. The van der Waals surface area contributed by atoms with Crippen molar-refractivity contribution in [1.82, 2.24) is 15.1 Å². The number of aryl methyl sites for hydroxylation is 1. The lowest BCUT2D eigenvalue weighted by Crippen LogP contribution is -2.29. The fraction of sp³-hybridized carbons (Fsp3) is 0.292. The van der Waals surface area contributed by atoms with Gasteiger partial charge in [0.15, 0.2) is 0 Å². The lowest BCUT2D eigenvalue weighted by molar-refractivity contribution is -0.274. The maximum Gasteiger partial charge on any atom is 0.573 e. The van der Waals surface area contributed by atoms with E-state index in [-0.39, 0.29) is 23.3 Å². The molecule has 8 nitrogen and oxygen atoms in total. The van der Waals surface area contributed by atoms with Crippen LogP contribution in [0.4, 0.5) is 19.0 Å². The molecular formula is C24H23F3N4O4. The van der Waals surface area contributed by atoms with Crippen molar-refractivity contribution in [1.29, 1.82) is 0 Å². The Hall–Kier alpha value is -4.02. The van der Waals surface area contributed by atoms with Crippen LogP contribution in [0.3, 0.4) is 0 Å².